The number of aliphatic hydroxyl groups excluding tert-OH is 1. The van der Waals surface area contributed by atoms with Gasteiger partial charge in [0.1, 0.15) is 12.7 Å². The van der Waals surface area contributed by atoms with E-state index in [0.717, 1.165) is 16.7 Å². The van der Waals surface area contributed by atoms with Crippen LogP contribution in [0.2, 0.25) is 0 Å². The number of fused-ring (bicyclic) bond motifs is 1. The van der Waals surface area contributed by atoms with Gasteiger partial charge >= 0.3 is 0 Å². The molecule has 10 heteroatoms. The number of benzene rings is 3. The molecule has 3 aromatic carbocycles. The summed E-state index contributed by atoms with van der Waals surface area (Å²) in [7, 11) is -4.22. The second-order valence-corrected chi connectivity index (χ2v) is 12.9. The first-order valence-corrected chi connectivity index (χ1v) is 15.3. The molecule has 2 fully saturated rings. The smallest absolute Gasteiger partial charge is 0.297 e. The van der Waals surface area contributed by atoms with E-state index in [2.05, 4.69) is 0 Å². The highest BCUT2D eigenvalue weighted by molar-refractivity contribution is 7.86. The second kappa shape index (κ2) is 12.1. The summed E-state index contributed by atoms with van der Waals surface area (Å²) in [6.45, 7) is 6.47. The lowest BCUT2D eigenvalue weighted by atomic mass is 9.77. The number of aliphatic hydroxyl groups is 1. The molecule has 0 aliphatic carbocycles. The van der Waals surface area contributed by atoms with Crippen LogP contribution in [0.4, 0.5) is 0 Å². The van der Waals surface area contributed by atoms with Gasteiger partial charge in [0.15, 0.2) is 23.3 Å². The largest absolute Gasteiger partial charge is 0.390 e. The highest BCUT2D eigenvalue weighted by atomic mass is 32.2. The van der Waals surface area contributed by atoms with Crippen molar-refractivity contribution in [2.45, 2.75) is 81.3 Å². The average Bonchev–Trinajstić information content (AvgIpc) is 3.39. The summed E-state index contributed by atoms with van der Waals surface area (Å²) in [5.74, 6) is -1.04. The quantitative estimate of drug-likeness (QED) is 0.302. The summed E-state index contributed by atoms with van der Waals surface area (Å²) in [5, 5.41) is 11.5. The predicted molar refractivity (Wildman–Crippen MR) is 154 cm³/mol. The first kappa shape index (κ1) is 30.8. The average molecular weight is 599 g/mol. The fourth-order valence-corrected chi connectivity index (χ4v) is 6.55. The Labute approximate surface area is 247 Å². The van der Waals surface area contributed by atoms with Gasteiger partial charge < -0.3 is 28.8 Å². The van der Waals surface area contributed by atoms with Crippen LogP contribution in [-0.2, 0) is 51.2 Å². The lowest BCUT2D eigenvalue weighted by Gasteiger charge is -2.47. The van der Waals surface area contributed by atoms with E-state index >= 15 is 0 Å². The van der Waals surface area contributed by atoms with Crippen LogP contribution in [0.15, 0.2) is 89.8 Å². The van der Waals surface area contributed by atoms with E-state index in [4.69, 9.17) is 27.9 Å². The van der Waals surface area contributed by atoms with Gasteiger partial charge in [0.2, 0.25) is 0 Å². The Morgan fingerprint density at radius 1 is 0.833 bits per heavy atom. The maximum absolute atomic E-state index is 13.4. The molecule has 226 valence electrons. The summed E-state index contributed by atoms with van der Waals surface area (Å²) in [4.78, 5) is -0.00636. The first-order valence-electron chi connectivity index (χ1n) is 13.9. The Morgan fingerprint density at radius 3 is 2.02 bits per heavy atom. The summed E-state index contributed by atoms with van der Waals surface area (Å²) < 4.78 is 64.1. The minimum Gasteiger partial charge on any atom is -0.390 e. The third-order valence-electron chi connectivity index (χ3n) is 7.68. The second-order valence-electron chi connectivity index (χ2n) is 11.3. The van der Waals surface area contributed by atoms with Gasteiger partial charge in [-0.15, -0.1) is 0 Å². The van der Waals surface area contributed by atoms with Gasteiger partial charge in [0.05, 0.1) is 30.8 Å². The number of hydrogen-bond donors (Lipinski definition) is 1. The van der Waals surface area contributed by atoms with Gasteiger partial charge in [-0.3, -0.25) is 4.18 Å². The van der Waals surface area contributed by atoms with Crippen LogP contribution in [0.5, 0.6) is 0 Å². The summed E-state index contributed by atoms with van der Waals surface area (Å²) in [6.07, 6.45) is -3.14. The third-order valence-corrected chi connectivity index (χ3v) is 8.96. The molecule has 5 rings (SSSR count). The van der Waals surface area contributed by atoms with Crippen molar-refractivity contribution in [1.82, 2.24) is 0 Å². The first-order chi connectivity index (χ1) is 20.0. The number of ether oxygens (including phenoxy) is 5. The highest BCUT2D eigenvalue weighted by Gasteiger charge is 2.74. The molecule has 2 aliphatic heterocycles. The zero-order chi connectivity index (χ0) is 30.0. The molecule has 2 saturated heterocycles. The van der Waals surface area contributed by atoms with Crippen LogP contribution in [0.3, 0.4) is 0 Å². The van der Waals surface area contributed by atoms with Crippen molar-refractivity contribution in [2.24, 2.45) is 0 Å². The summed E-state index contributed by atoms with van der Waals surface area (Å²) >= 11 is 0. The van der Waals surface area contributed by atoms with Crippen LogP contribution in [0.25, 0.3) is 0 Å². The molecule has 0 radical (unpaired) electrons. The Kier molecular flexibility index (Phi) is 8.90. The molecular weight excluding hydrogens is 560 g/mol. The van der Waals surface area contributed by atoms with Crippen LogP contribution in [-0.4, -0.2) is 62.2 Å². The van der Waals surface area contributed by atoms with Crippen molar-refractivity contribution in [3.63, 3.8) is 0 Å². The fraction of sp³-hybridized carbons (Fsp3) is 0.438. The molecule has 0 spiro atoms. The predicted octanol–water partition coefficient (Wildman–Crippen LogP) is 4.50. The summed E-state index contributed by atoms with van der Waals surface area (Å²) in [6, 6.07) is 25.3. The third kappa shape index (κ3) is 6.17. The minimum atomic E-state index is -4.22. The fourth-order valence-electron chi connectivity index (χ4n) is 5.60. The molecule has 9 nitrogen and oxygen atoms in total. The molecule has 0 saturated carbocycles. The number of hydrogen-bond acceptors (Lipinski definition) is 9. The van der Waals surface area contributed by atoms with Crippen molar-refractivity contribution in [1.29, 1.82) is 0 Å². The van der Waals surface area contributed by atoms with Gasteiger partial charge in [-0.25, -0.2) is 0 Å². The van der Waals surface area contributed by atoms with E-state index in [1.54, 1.807) is 32.9 Å². The molecule has 2 aliphatic rings. The van der Waals surface area contributed by atoms with Crippen molar-refractivity contribution in [3.8, 4) is 0 Å². The Bertz CT molecular complexity index is 1430. The van der Waals surface area contributed by atoms with Gasteiger partial charge in [-0.05, 0) is 51.0 Å². The van der Waals surface area contributed by atoms with Crippen LogP contribution >= 0.6 is 0 Å². The molecule has 1 unspecified atom stereocenters. The van der Waals surface area contributed by atoms with Crippen molar-refractivity contribution < 1.29 is 41.4 Å². The lowest BCUT2D eigenvalue weighted by Crippen LogP contribution is -2.68. The van der Waals surface area contributed by atoms with E-state index in [1.807, 2.05) is 67.6 Å². The van der Waals surface area contributed by atoms with E-state index < -0.39 is 52.2 Å². The van der Waals surface area contributed by atoms with Crippen molar-refractivity contribution >= 4 is 10.1 Å². The van der Waals surface area contributed by atoms with Crippen LogP contribution in [0, 0.1) is 6.92 Å². The SMILES string of the molecule is Cc1ccc(S(=O)(=O)OC[C@]2(COCc3ccccc3)O[C@@H]3OC(C)(C)O[C@@H]3[C@@]2(OCc2ccccc2)C(C)O)cc1. The van der Waals surface area contributed by atoms with E-state index in [-0.39, 0.29) is 24.7 Å². The molecule has 0 bridgehead atoms. The highest BCUT2D eigenvalue weighted by Crippen LogP contribution is 2.53. The van der Waals surface area contributed by atoms with Gasteiger partial charge in [0.25, 0.3) is 10.1 Å². The number of aryl methyl sites for hydroxylation is 1. The zero-order valence-corrected chi connectivity index (χ0v) is 25.1. The summed E-state index contributed by atoms with van der Waals surface area (Å²) in [5.41, 5.74) is -0.660. The van der Waals surface area contributed by atoms with E-state index in [9.17, 15) is 13.5 Å². The van der Waals surface area contributed by atoms with Gasteiger partial charge in [-0.2, -0.15) is 8.42 Å². The molecule has 1 N–H and O–H groups in total. The monoisotopic (exact) mass is 598 g/mol. The minimum absolute atomic E-state index is 0.00636. The van der Waals surface area contributed by atoms with Crippen molar-refractivity contribution in [2.75, 3.05) is 13.2 Å². The molecule has 5 atom stereocenters. The Hall–Kier alpha value is -2.67. The molecule has 2 heterocycles. The molecular formula is C32H38O9S. The zero-order valence-electron chi connectivity index (χ0n) is 24.3. The topological polar surface area (TPSA) is 110 Å². The van der Waals surface area contributed by atoms with Gasteiger partial charge in [-0.1, -0.05) is 78.4 Å². The molecule has 3 aromatic rings. The molecule has 42 heavy (non-hydrogen) atoms. The van der Waals surface area contributed by atoms with Crippen molar-refractivity contribution in [3.05, 3.63) is 102 Å². The van der Waals surface area contributed by atoms with E-state index in [1.165, 1.54) is 12.1 Å². The van der Waals surface area contributed by atoms with Crippen LogP contribution in [0.1, 0.15) is 37.5 Å². The maximum atomic E-state index is 13.4. The molecule has 0 amide bonds. The van der Waals surface area contributed by atoms with Gasteiger partial charge in [0, 0.05) is 0 Å². The Balaban J connectivity index is 1.53. The number of rotatable bonds is 12. The normalized spacial score (nSPS) is 27.5. The standard InChI is InChI=1S/C32H38O9S/c1-23-15-17-27(18-16-23)42(34,35)38-22-31(21-36-19-25-11-7-5-8-12-25)32(24(2)33,37-20-26-13-9-6-10-14-26)28-29(41-31)40-30(3,4)39-28/h5-18,24,28-29,33H,19-22H2,1-4H3/t24?,28-,29-,31-,32-/m0/s1. The van der Waals surface area contributed by atoms with E-state index in [0.29, 0.717) is 0 Å². The van der Waals surface area contributed by atoms with Crippen LogP contribution < -0.4 is 0 Å². The molecule has 0 aromatic heterocycles. The lowest BCUT2D eigenvalue weighted by molar-refractivity contribution is -0.301. The maximum Gasteiger partial charge on any atom is 0.297 e. The Morgan fingerprint density at radius 2 is 1.43 bits per heavy atom.